The molecule has 0 bridgehead atoms. The molecule has 20 heavy (non-hydrogen) atoms. The molecule has 0 heterocycles. The molecule has 2 heteroatoms. The van der Waals surface area contributed by atoms with Crippen molar-refractivity contribution in [1.29, 1.82) is 0 Å². The smallest absolute Gasteiger partial charge is 0.0553 e. The fraction of sp³-hybridized carbons (Fsp3) is 0.667. The zero-order valence-electron chi connectivity index (χ0n) is 14.6. The number of hydrogen-bond donors (Lipinski definition) is 1. The molecule has 0 saturated heterocycles. The van der Waals surface area contributed by atoms with Gasteiger partial charge in [0.05, 0.1) is 5.69 Å². The second kappa shape index (κ2) is 7.12. The van der Waals surface area contributed by atoms with Crippen LogP contribution in [0.3, 0.4) is 0 Å². The van der Waals surface area contributed by atoms with Crippen LogP contribution in [-0.4, -0.2) is 18.1 Å². The Morgan fingerprint density at radius 1 is 0.950 bits per heavy atom. The molecule has 0 atom stereocenters. The molecule has 0 saturated carbocycles. The third-order valence-electron chi connectivity index (χ3n) is 4.62. The molecule has 114 valence electrons. The van der Waals surface area contributed by atoms with E-state index in [4.69, 9.17) is 0 Å². The molecule has 1 aromatic carbocycles. The van der Waals surface area contributed by atoms with E-state index in [1.54, 1.807) is 0 Å². The van der Waals surface area contributed by atoms with Crippen molar-refractivity contribution < 1.29 is 0 Å². The van der Waals surface area contributed by atoms with E-state index >= 15 is 0 Å². The van der Waals surface area contributed by atoms with Crippen LogP contribution in [0.15, 0.2) is 0 Å². The first-order valence-corrected chi connectivity index (χ1v) is 7.89. The number of rotatable bonds is 6. The Bertz CT molecular complexity index is 461. The Hall–Kier alpha value is -1.02. The van der Waals surface area contributed by atoms with E-state index in [1.165, 1.54) is 52.8 Å². The van der Waals surface area contributed by atoms with Gasteiger partial charge in [0.25, 0.3) is 0 Å². The van der Waals surface area contributed by atoms with Gasteiger partial charge in [-0.05, 0) is 82.2 Å². The van der Waals surface area contributed by atoms with E-state index in [1.807, 2.05) is 0 Å². The third kappa shape index (κ3) is 3.54. The number of nitrogens with one attached hydrogen (secondary N) is 1. The van der Waals surface area contributed by atoms with Crippen molar-refractivity contribution in [2.24, 2.45) is 0 Å². The minimum atomic E-state index is 0.481. The van der Waals surface area contributed by atoms with Crippen LogP contribution in [0, 0.1) is 27.7 Å². The van der Waals surface area contributed by atoms with Gasteiger partial charge in [0.2, 0.25) is 0 Å². The lowest BCUT2D eigenvalue weighted by molar-refractivity contribution is 0.329. The van der Waals surface area contributed by atoms with Crippen LogP contribution in [0.25, 0.3) is 0 Å². The standard InChI is InChI=1S/C18H32N2/c1-9-10-11-17-14(5)13(4)15(6)18(16(17)7)19-20(8)12(2)3/h12,19H,9-11H2,1-8H3. The van der Waals surface area contributed by atoms with Crippen molar-refractivity contribution in [2.45, 2.75) is 73.8 Å². The fourth-order valence-electron chi connectivity index (χ4n) is 2.61. The van der Waals surface area contributed by atoms with Gasteiger partial charge in [0, 0.05) is 13.1 Å². The maximum absolute atomic E-state index is 3.60. The molecule has 1 N–H and O–H groups in total. The van der Waals surface area contributed by atoms with Gasteiger partial charge in [0.15, 0.2) is 0 Å². The van der Waals surface area contributed by atoms with Gasteiger partial charge in [-0.3, -0.25) is 0 Å². The Morgan fingerprint density at radius 3 is 2.05 bits per heavy atom. The number of benzene rings is 1. The predicted molar refractivity (Wildman–Crippen MR) is 90.5 cm³/mol. The van der Waals surface area contributed by atoms with Crippen molar-refractivity contribution in [3.8, 4) is 0 Å². The summed E-state index contributed by atoms with van der Waals surface area (Å²) in [5.41, 5.74) is 12.1. The Kier molecular flexibility index (Phi) is 6.07. The monoisotopic (exact) mass is 276 g/mol. The lowest BCUT2D eigenvalue weighted by Crippen LogP contribution is -2.33. The molecular formula is C18H32N2. The minimum absolute atomic E-state index is 0.481. The Labute approximate surface area is 125 Å². The van der Waals surface area contributed by atoms with E-state index in [0.717, 1.165) is 0 Å². The second-order valence-electron chi connectivity index (χ2n) is 6.27. The first kappa shape index (κ1) is 17.0. The molecule has 0 aromatic heterocycles. The van der Waals surface area contributed by atoms with Crippen LogP contribution in [0.5, 0.6) is 0 Å². The van der Waals surface area contributed by atoms with E-state index in [9.17, 15) is 0 Å². The summed E-state index contributed by atoms with van der Waals surface area (Å²) in [4.78, 5) is 0. The maximum atomic E-state index is 3.60. The number of hydrazine groups is 1. The maximum Gasteiger partial charge on any atom is 0.0553 e. The van der Waals surface area contributed by atoms with Gasteiger partial charge in [-0.1, -0.05) is 13.3 Å². The summed E-state index contributed by atoms with van der Waals surface area (Å²) in [6.07, 6.45) is 3.71. The van der Waals surface area contributed by atoms with Gasteiger partial charge >= 0.3 is 0 Å². The van der Waals surface area contributed by atoms with Crippen LogP contribution < -0.4 is 5.43 Å². The Balaban J connectivity index is 3.26. The molecule has 2 nitrogen and oxygen atoms in total. The summed E-state index contributed by atoms with van der Waals surface area (Å²) >= 11 is 0. The number of unbranched alkanes of at least 4 members (excludes halogenated alkanes) is 1. The summed E-state index contributed by atoms with van der Waals surface area (Å²) in [7, 11) is 2.12. The van der Waals surface area contributed by atoms with Crippen molar-refractivity contribution >= 4 is 5.69 Å². The largest absolute Gasteiger partial charge is 0.318 e. The lowest BCUT2D eigenvalue weighted by Gasteiger charge is -2.28. The van der Waals surface area contributed by atoms with E-state index < -0.39 is 0 Å². The highest BCUT2D eigenvalue weighted by molar-refractivity contribution is 5.64. The molecule has 0 aliphatic carbocycles. The minimum Gasteiger partial charge on any atom is -0.318 e. The lowest BCUT2D eigenvalue weighted by atomic mass is 9.89. The van der Waals surface area contributed by atoms with Crippen molar-refractivity contribution in [2.75, 3.05) is 12.5 Å². The quantitative estimate of drug-likeness (QED) is 0.741. The van der Waals surface area contributed by atoms with Crippen molar-refractivity contribution in [3.05, 3.63) is 27.8 Å². The van der Waals surface area contributed by atoms with E-state index in [0.29, 0.717) is 6.04 Å². The second-order valence-corrected chi connectivity index (χ2v) is 6.27. The van der Waals surface area contributed by atoms with Gasteiger partial charge in [-0.15, -0.1) is 0 Å². The summed E-state index contributed by atoms with van der Waals surface area (Å²) in [6.45, 7) is 15.7. The van der Waals surface area contributed by atoms with Crippen LogP contribution in [-0.2, 0) is 6.42 Å². The van der Waals surface area contributed by atoms with E-state index in [2.05, 4.69) is 65.9 Å². The molecule has 0 unspecified atom stereocenters. The van der Waals surface area contributed by atoms with Gasteiger partial charge in [0.1, 0.15) is 0 Å². The van der Waals surface area contributed by atoms with E-state index in [-0.39, 0.29) is 0 Å². The summed E-state index contributed by atoms with van der Waals surface area (Å²) in [5.74, 6) is 0. The topological polar surface area (TPSA) is 15.3 Å². The molecule has 0 amide bonds. The molecule has 0 aliphatic rings. The summed E-state index contributed by atoms with van der Waals surface area (Å²) in [6, 6.07) is 0.481. The molecule has 0 spiro atoms. The van der Waals surface area contributed by atoms with Crippen LogP contribution in [0.4, 0.5) is 5.69 Å². The Morgan fingerprint density at radius 2 is 1.55 bits per heavy atom. The number of hydrogen-bond acceptors (Lipinski definition) is 2. The predicted octanol–water partition coefficient (Wildman–Crippen LogP) is 4.93. The first-order chi connectivity index (χ1) is 9.31. The number of nitrogens with zero attached hydrogens (tertiary/aromatic N) is 1. The van der Waals surface area contributed by atoms with Gasteiger partial charge in [-0.25, -0.2) is 5.01 Å². The highest BCUT2D eigenvalue weighted by atomic mass is 15.5. The third-order valence-corrected chi connectivity index (χ3v) is 4.62. The van der Waals surface area contributed by atoms with Crippen LogP contribution >= 0.6 is 0 Å². The molecule has 0 radical (unpaired) electrons. The zero-order chi connectivity index (χ0) is 15.4. The van der Waals surface area contributed by atoms with Crippen LogP contribution in [0.1, 0.15) is 61.4 Å². The van der Waals surface area contributed by atoms with Gasteiger partial charge in [-0.2, -0.15) is 0 Å². The molecule has 0 aliphatic heterocycles. The SMILES string of the molecule is CCCCc1c(C)c(C)c(C)c(NN(C)C(C)C)c1C. The average Bonchev–Trinajstić information content (AvgIpc) is 2.41. The molecular weight excluding hydrogens is 244 g/mol. The van der Waals surface area contributed by atoms with Gasteiger partial charge < -0.3 is 5.43 Å². The summed E-state index contributed by atoms with van der Waals surface area (Å²) in [5, 5.41) is 2.19. The number of anilines is 1. The first-order valence-electron chi connectivity index (χ1n) is 7.89. The highest BCUT2D eigenvalue weighted by Gasteiger charge is 2.16. The average molecular weight is 276 g/mol. The van der Waals surface area contributed by atoms with Crippen molar-refractivity contribution in [3.63, 3.8) is 0 Å². The normalized spacial score (nSPS) is 11.5. The molecule has 1 aromatic rings. The molecule has 0 fully saturated rings. The molecule has 1 rings (SSSR count). The fourth-order valence-corrected chi connectivity index (χ4v) is 2.61. The summed E-state index contributed by atoms with van der Waals surface area (Å²) < 4.78 is 0. The van der Waals surface area contributed by atoms with Crippen LogP contribution in [0.2, 0.25) is 0 Å². The highest BCUT2D eigenvalue weighted by Crippen LogP contribution is 2.32. The zero-order valence-corrected chi connectivity index (χ0v) is 14.6. The van der Waals surface area contributed by atoms with Crippen molar-refractivity contribution in [1.82, 2.24) is 5.01 Å².